The highest BCUT2D eigenvalue weighted by molar-refractivity contribution is 6.15. The van der Waals surface area contributed by atoms with Crippen molar-refractivity contribution in [2.45, 2.75) is 0 Å². The van der Waals surface area contributed by atoms with Crippen molar-refractivity contribution in [1.29, 1.82) is 0 Å². The first-order chi connectivity index (χ1) is 9.36. The van der Waals surface area contributed by atoms with Crippen LogP contribution in [-0.2, 0) is 0 Å². The van der Waals surface area contributed by atoms with E-state index in [1.165, 1.54) is 5.39 Å². The maximum Gasteiger partial charge on any atom is 0.121 e. The zero-order valence-electron chi connectivity index (χ0n) is 10.5. The fraction of sp³-hybridized carbons (Fsp3) is 0.0625. The van der Waals surface area contributed by atoms with E-state index in [0.29, 0.717) is 0 Å². The molecule has 4 aromatic rings. The van der Waals surface area contributed by atoms with Gasteiger partial charge in [-0.1, -0.05) is 18.2 Å². The van der Waals surface area contributed by atoms with E-state index in [0.717, 1.165) is 33.1 Å². The number of aromatic nitrogens is 2. The van der Waals surface area contributed by atoms with Crippen molar-refractivity contribution in [1.82, 2.24) is 9.97 Å². The van der Waals surface area contributed by atoms with Crippen molar-refractivity contribution in [2.75, 3.05) is 7.11 Å². The Kier molecular flexibility index (Phi) is 2.03. The molecule has 0 fully saturated rings. The fourth-order valence-corrected chi connectivity index (χ4v) is 2.60. The van der Waals surface area contributed by atoms with E-state index in [-0.39, 0.29) is 0 Å². The summed E-state index contributed by atoms with van der Waals surface area (Å²) < 4.78 is 5.24. The van der Waals surface area contributed by atoms with Gasteiger partial charge >= 0.3 is 0 Å². The highest BCUT2D eigenvalue weighted by Gasteiger charge is 2.08. The first-order valence-electron chi connectivity index (χ1n) is 6.20. The molecule has 0 aliphatic heterocycles. The number of hydrogen-bond donors (Lipinski definition) is 1. The van der Waals surface area contributed by atoms with Crippen LogP contribution in [0, 0.1) is 0 Å². The Balaban J connectivity index is 2.19. The van der Waals surface area contributed by atoms with Crippen LogP contribution in [0.25, 0.3) is 32.7 Å². The van der Waals surface area contributed by atoms with E-state index in [1.807, 2.05) is 30.5 Å². The van der Waals surface area contributed by atoms with Crippen molar-refractivity contribution in [3.63, 3.8) is 0 Å². The molecule has 0 amide bonds. The van der Waals surface area contributed by atoms with Crippen LogP contribution in [0.15, 0.2) is 48.7 Å². The lowest BCUT2D eigenvalue weighted by Gasteiger charge is -2.02. The van der Waals surface area contributed by atoms with Gasteiger partial charge in [-0.3, -0.25) is 4.98 Å². The van der Waals surface area contributed by atoms with Gasteiger partial charge in [0.2, 0.25) is 0 Å². The van der Waals surface area contributed by atoms with Gasteiger partial charge in [0, 0.05) is 33.9 Å². The van der Waals surface area contributed by atoms with E-state index in [2.05, 4.69) is 28.2 Å². The normalized spacial score (nSPS) is 11.4. The molecule has 0 atom stereocenters. The Morgan fingerprint density at radius 1 is 1.00 bits per heavy atom. The SMILES string of the molecule is COc1ccc2c(c1)ncc1c3ccccc3[nH]c21. The summed E-state index contributed by atoms with van der Waals surface area (Å²) >= 11 is 0. The molecule has 0 aliphatic rings. The van der Waals surface area contributed by atoms with E-state index in [9.17, 15) is 0 Å². The van der Waals surface area contributed by atoms with Crippen LogP contribution in [0.4, 0.5) is 0 Å². The Morgan fingerprint density at radius 3 is 2.79 bits per heavy atom. The average molecular weight is 248 g/mol. The van der Waals surface area contributed by atoms with Crippen LogP contribution in [0.1, 0.15) is 0 Å². The van der Waals surface area contributed by atoms with E-state index in [4.69, 9.17) is 4.74 Å². The molecule has 0 radical (unpaired) electrons. The van der Waals surface area contributed by atoms with Gasteiger partial charge in [-0.25, -0.2) is 0 Å². The summed E-state index contributed by atoms with van der Waals surface area (Å²) in [7, 11) is 1.67. The minimum Gasteiger partial charge on any atom is -0.497 e. The molecule has 2 aromatic heterocycles. The van der Waals surface area contributed by atoms with E-state index in [1.54, 1.807) is 7.11 Å². The zero-order valence-corrected chi connectivity index (χ0v) is 10.5. The second kappa shape index (κ2) is 3.72. The number of rotatable bonds is 1. The predicted octanol–water partition coefficient (Wildman–Crippen LogP) is 3.88. The lowest BCUT2D eigenvalue weighted by atomic mass is 10.1. The van der Waals surface area contributed by atoms with Crippen molar-refractivity contribution in [3.05, 3.63) is 48.7 Å². The molecule has 3 nitrogen and oxygen atoms in total. The van der Waals surface area contributed by atoms with Crippen LogP contribution < -0.4 is 4.74 Å². The van der Waals surface area contributed by atoms with Gasteiger partial charge in [0.05, 0.1) is 18.1 Å². The molecule has 0 spiro atoms. The Labute approximate surface area is 109 Å². The average Bonchev–Trinajstić information content (AvgIpc) is 2.85. The Hall–Kier alpha value is -2.55. The summed E-state index contributed by atoms with van der Waals surface area (Å²) in [5.41, 5.74) is 3.22. The minimum absolute atomic E-state index is 0.829. The molecule has 19 heavy (non-hydrogen) atoms. The topological polar surface area (TPSA) is 37.9 Å². The summed E-state index contributed by atoms with van der Waals surface area (Å²) in [5, 5.41) is 3.49. The second-order valence-electron chi connectivity index (χ2n) is 4.60. The predicted molar refractivity (Wildman–Crippen MR) is 77.7 cm³/mol. The largest absolute Gasteiger partial charge is 0.497 e. The lowest BCUT2D eigenvalue weighted by molar-refractivity contribution is 0.415. The number of nitrogens with one attached hydrogen (secondary N) is 1. The summed E-state index contributed by atoms with van der Waals surface area (Å²) in [6.45, 7) is 0. The molecular formula is C16H12N2O. The van der Waals surface area contributed by atoms with Crippen LogP contribution in [-0.4, -0.2) is 17.1 Å². The molecule has 0 aliphatic carbocycles. The van der Waals surface area contributed by atoms with Crippen LogP contribution >= 0.6 is 0 Å². The molecule has 0 saturated carbocycles. The molecule has 0 saturated heterocycles. The highest BCUT2D eigenvalue weighted by atomic mass is 16.5. The molecule has 92 valence electrons. The number of nitrogens with zero attached hydrogens (tertiary/aromatic N) is 1. The third kappa shape index (κ3) is 1.41. The molecule has 0 unspecified atom stereocenters. The van der Waals surface area contributed by atoms with Gasteiger partial charge in [-0.2, -0.15) is 0 Å². The van der Waals surface area contributed by atoms with Gasteiger partial charge in [-0.15, -0.1) is 0 Å². The number of aromatic amines is 1. The van der Waals surface area contributed by atoms with E-state index < -0.39 is 0 Å². The van der Waals surface area contributed by atoms with Crippen molar-refractivity contribution in [2.24, 2.45) is 0 Å². The first kappa shape index (κ1) is 10.4. The first-order valence-corrected chi connectivity index (χ1v) is 6.20. The number of methoxy groups -OCH3 is 1. The minimum atomic E-state index is 0.829. The quantitative estimate of drug-likeness (QED) is 0.555. The summed E-state index contributed by atoms with van der Waals surface area (Å²) in [4.78, 5) is 8.02. The Morgan fingerprint density at radius 2 is 1.89 bits per heavy atom. The Bertz CT molecular complexity index is 908. The molecule has 1 N–H and O–H groups in total. The number of hydrogen-bond acceptors (Lipinski definition) is 2. The molecule has 2 aromatic carbocycles. The molecule has 0 bridgehead atoms. The number of benzene rings is 2. The molecule has 2 heterocycles. The number of pyridine rings is 1. The molecular weight excluding hydrogens is 236 g/mol. The third-order valence-corrected chi connectivity index (χ3v) is 3.55. The van der Waals surface area contributed by atoms with Crippen molar-refractivity contribution in [3.8, 4) is 5.75 Å². The van der Waals surface area contributed by atoms with Crippen LogP contribution in [0.3, 0.4) is 0 Å². The van der Waals surface area contributed by atoms with Crippen molar-refractivity contribution >= 4 is 32.7 Å². The van der Waals surface area contributed by atoms with Gasteiger partial charge in [0.25, 0.3) is 0 Å². The van der Waals surface area contributed by atoms with Crippen LogP contribution in [0.5, 0.6) is 5.75 Å². The van der Waals surface area contributed by atoms with Crippen LogP contribution in [0.2, 0.25) is 0 Å². The van der Waals surface area contributed by atoms with Gasteiger partial charge in [-0.05, 0) is 18.2 Å². The number of ether oxygens (including phenoxy) is 1. The van der Waals surface area contributed by atoms with Crippen molar-refractivity contribution < 1.29 is 4.74 Å². The fourth-order valence-electron chi connectivity index (χ4n) is 2.60. The van der Waals surface area contributed by atoms with Gasteiger partial charge in [0.1, 0.15) is 5.75 Å². The monoisotopic (exact) mass is 248 g/mol. The summed E-state index contributed by atoms with van der Waals surface area (Å²) in [6.07, 6.45) is 1.93. The molecule has 3 heteroatoms. The molecule has 4 rings (SSSR count). The number of fused-ring (bicyclic) bond motifs is 5. The van der Waals surface area contributed by atoms with Gasteiger partial charge in [0.15, 0.2) is 0 Å². The van der Waals surface area contributed by atoms with Gasteiger partial charge < -0.3 is 9.72 Å². The third-order valence-electron chi connectivity index (χ3n) is 3.55. The van der Waals surface area contributed by atoms with E-state index >= 15 is 0 Å². The maximum atomic E-state index is 5.24. The summed E-state index contributed by atoms with van der Waals surface area (Å²) in [6, 6.07) is 14.3. The zero-order chi connectivity index (χ0) is 12.8. The number of para-hydroxylation sites is 1. The summed E-state index contributed by atoms with van der Waals surface area (Å²) in [5.74, 6) is 0.829. The highest BCUT2D eigenvalue weighted by Crippen LogP contribution is 2.30. The lowest BCUT2D eigenvalue weighted by Crippen LogP contribution is -1.85. The second-order valence-corrected chi connectivity index (χ2v) is 4.60. The number of H-pyrrole nitrogens is 1. The smallest absolute Gasteiger partial charge is 0.121 e. The standard InChI is InChI=1S/C16H12N2O/c1-19-10-6-7-12-15(8-10)17-9-13-11-4-2-3-5-14(11)18-16(12)13/h2-9,18H,1H3. The maximum absolute atomic E-state index is 5.24.